The zero-order chi connectivity index (χ0) is 12.4. The van der Waals surface area contributed by atoms with Gasteiger partial charge in [-0.05, 0) is 25.1 Å². The second-order valence-electron chi connectivity index (χ2n) is 3.37. The van der Waals surface area contributed by atoms with E-state index in [-0.39, 0.29) is 11.1 Å². The van der Waals surface area contributed by atoms with E-state index in [1.165, 1.54) is 6.07 Å². The van der Waals surface area contributed by atoms with Crippen LogP contribution in [0.1, 0.15) is 17.3 Å². The van der Waals surface area contributed by atoms with Gasteiger partial charge in [0.2, 0.25) is 0 Å². The Kier molecular flexibility index (Phi) is 3.64. The Morgan fingerprint density at radius 2 is 2.24 bits per heavy atom. The van der Waals surface area contributed by atoms with Crippen molar-refractivity contribution in [1.82, 2.24) is 4.98 Å². The minimum absolute atomic E-state index is 0.277. The molecular formula is C12H9BrClNO2. The van der Waals surface area contributed by atoms with Gasteiger partial charge >= 0.3 is 5.97 Å². The SMILES string of the molecule is CCOC(=O)c1cc(Cl)nc2cc(Br)ccc12. The molecule has 0 radical (unpaired) electrons. The minimum atomic E-state index is -0.385. The van der Waals surface area contributed by atoms with E-state index in [0.717, 1.165) is 9.86 Å². The van der Waals surface area contributed by atoms with Gasteiger partial charge in [-0.1, -0.05) is 33.6 Å². The van der Waals surface area contributed by atoms with Crippen molar-refractivity contribution in [3.05, 3.63) is 39.5 Å². The second-order valence-corrected chi connectivity index (χ2v) is 4.68. The normalized spacial score (nSPS) is 10.5. The molecule has 0 amide bonds. The molecule has 88 valence electrons. The fourth-order valence-corrected chi connectivity index (χ4v) is 2.10. The van der Waals surface area contributed by atoms with Crippen molar-refractivity contribution in [3.8, 4) is 0 Å². The van der Waals surface area contributed by atoms with Crippen molar-refractivity contribution in [2.24, 2.45) is 0 Å². The lowest BCUT2D eigenvalue weighted by molar-refractivity contribution is 0.0528. The number of pyridine rings is 1. The second kappa shape index (κ2) is 5.02. The molecule has 0 N–H and O–H groups in total. The maximum Gasteiger partial charge on any atom is 0.338 e. The summed E-state index contributed by atoms with van der Waals surface area (Å²) in [5.41, 5.74) is 1.10. The predicted octanol–water partition coefficient (Wildman–Crippen LogP) is 3.83. The maximum absolute atomic E-state index is 11.8. The molecule has 0 saturated heterocycles. The molecule has 3 nitrogen and oxygen atoms in total. The van der Waals surface area contributed by atoms with Crippen molar-refractivity contribution in [3.63, 3.8) is 0 Å². The number of esters is 1. The summed E-state index contributed by atoms with van der Waals surface area (Å²) in [6.45, 7) is 2.09. The van der Waals surface area contributed by atoms with E-state index in [4.69, 9.17) is 16.3 Å². The van der Waals surface area contributed by atoms with Gasteiger partial charge in [-0.25, -0.2) is 9.78 Å². The molecule has 1 aromatic heterocycles. The minimum Gasteiger partial charge on any atom is -0.462 e. The van der Waals surface area contributed by atoms with Crippen molar-refractivity contribution in [1.29, 1.82) is 0 Å². The summed E-state index contributed by atoms with van der Waals surface area (Å²) in [5, 5.41) is 1.01. The van der Waals surface area contributed by atoms with Gasteiger partial charge in [0, 0.05) is 9.86 Å². The zero-order valence-corrected chi connectivity index (χ0v) is 11.4. The molecule has 0 spiro atoms. The number of aromatic nitrogens is 1. The first-order valence-electron chi connectivity index (χ1n) is 5.04. The quantitative estimate of drug-likeness (QED) is 0.625. The molecule has 2 rings (SSSR count). The molecule has 2 aromatic rings. The first-order valence-corrected chi connectivity index (χ1v) is 6.22. The summed E-state index contributed by atoms with van der Waals surface area (Å²) in [6.07, 6.45) is 0. The molecule has 0 saturated carbocycles. The van der Waals surface area contributed by atoms with E-state index < -0.39 is 0 Å². The Morgan fingerprint density at radius 3 is 2.94 bits per heavy atom. The fraction of sp³-hybridized carbons (Fsp3) is 0.167. The Morgan fingerprint density at radius 1 is 1.47 bits per heavy atom. The number of hydrogen-bond donors (Lipinski definition) is 0. The number of carbonyl (C=O) groups is 1. The van der Waals surface area contributed by atoms with E-state index >= 15 is 0 Å². The highest BCUT2D eigenvalue weighted by Gasteiger charge is 2.13. The van der Waals surface area contributed by atoms with Crippen LogP contribution >= 0.6 is 27.5 Å². The Hall–Kier alpha value is -1.13. The van der Waals surface area contributed by atoms with E-state index in [0.29, 0.717) is 17.7 Å². The largest absolute Gasteiger partial charge is 0.462 e. The van der Waals surface area contributed by atoms with Crippen molar-refractivity contribution >= 4 is 44.4 Å². The summed E-state index contributed by atoms with van der Waals surface area (Å²) >= 11 is 9.24. The molecule has 0 unspecified atom stereocenters. The monoisotopic (exact) mass is 313 g/mol. The van der Waals surface area contributed by atoms with Gasteiger partial charge in [-0.3, -0.25) is 0 Å². The van der Waals surface area contributed by atoms with Gasteiger partial charge < -0.3 is 4.74 Å². The van der Waals surface area contributed by atoms with Crippen LogP contribution in [-0.2, 0) is 4.74 Å². The number of carbonyl (C=O) groups excluding carboxylic acids is 1. The lowest BCUT2D eigenvalue weighted by Crippen LogP contribution is -2.06. The van der Waals surface area contributed by atoms with Crippen LogP contribution in [0, 0.1) is 0 Å². The number of nitrogens with zero attached hydrogens (tertiary/aromatic N) is 1. The fourth-order valence-electron chi connectivity index (χ4n) is 1.55. The molecule has 0 aliphatic heterocycles. The van der Waals surface area contributed by atoms with Crippen molar-refractivity contribution in [2.45, 2.75) is 6.92 Å². The average Bonchev–Trinajstić information content (AvgIpc) is 2.27. The third-order valence-electron chi connectivity index (χ3n) is 2.24. The van der Waals surface area contributed by atoms with E-state index in [9.17, 15) is 4.79 Å². The molecule has 0 aliphatic rings. The molecule has 1 heterocycles. The number of halogens is 2. The zero-order valence-electron chi connectivity index (χ0n) is 9.04. The topological polar surface area (TPSA) is 39.2 Å². The number of rotatable bonds is 2. The summed E-state index contributed by atoms with van der Waals surface area (Å²) in [6, 6.07) is 7.00. The lowest BCUT2D eigenvalue weighted by atomic mass is 10.1. The molecule has 0 bridgehead atoms. The van der Waals surface area contributed by atoms with Crippen molar-refractivity contribution < 1.29 is 9.53 Å². The number of fused-ring (bicyclic) bond motifs is 1. The van der Waals surface area contributed by atoms with Gasteiger partial charge in [0.05, 0.1) is 17.7 Å². The smallest absolute Gasteiger partial charge is 0.338 e. The first kappa shape index (κ1) is 12.3. The van der Waals surface area contributed by atoms with Crippen LogP contribution in [0.5, 0.6) is 0 Å². The van der Waals surface area contributed by atoms with Crippen LogP contribution in [0.3, 0.4) is 0 Å². The lowest BCUT2D eigenvalue weighted by Gasteiger charge is -2.06. The number of ether oxygens (including phenoxy) is 1. The third kappa shape index (κ3) is 2.58. The third-order valence-corrected chi connectivity index (χ3v) is 2.92. The van der Waals surface area contributed by atoms with Crippen molar-refractivity contribution in [2.75, 3.05) is 6.61 Å². The molecule has 0 atom stereocenters. The van der Waals surface area contributed by atoms with Gasteiger partial charge in [0.1, 0.15) is 5.15 Å². The van der Waals surface area contributed by atoms with Gasteiger partial charge in [0.15, 0.2) is 0 Å². The van der Waals surface area contributed by atoms with Gasteiger partial charge in [-0.2, -0.15) is 0 Å². The van der Waals surface area contributed by atoms with Crippen LogP contribution in [0.4, 0.5) is 0 Å². The van der Waals surface area contributed by atoms with Gasteiger partial charge in [-0.15, -0.1) is 0 Å². The summed E-state index contributed by atoms with van der Waals surface area (Å²) in [7, 11) is 0. The molecule has 0 fully saturated rings. The number of hydrogen-bond acceptors (Lipinski definition) is 3. The summed E-state index contributed by atoms with van der Waals surface area (Å²) in [5.74, 6) is -0.385. The average molecular weight is 315 g/mol. The molecule has 1 aromatic carbocycles. The maximum atomic E-state index is 11.8. The van der Waals surface area contributed by atoms with E-state index in [1.54, 1.807) is 6.92 Å². The van der Waals surface area contributed by atoms with Gasteiger partial charge in [0.25, 0.3) is 0 Å². The van der Waals surface area contributed by atoms with Crippen LogP contribution in [0.25, 0.3) is 10.9 Å². The molecule has 5 heteroatoms. The summed E-state index contributed by atoms with van der Waals surface area (Å²) in [4.78, 5) is 15.9. The van der Waals surface area contributed by atoms with E-state index in [2.05, 4.69) is 20.9 Å². The first-order chi connectivity index (χ1) is 8.11. The standard InChI is InChI=1S/C12H9BrClNO2/c1-2-17-12(16)9-6-11(14)15-10-5-7(13)3-4-8(9)10/h3-6H,2H2,1H3. The molecular weight excluding hydrogens is 305 g/mol. The highest BCUT2D eigenvalue weighted by atomic mass is 79.9. The van der Waals surface area contributed by atoms with Crippen LogP contribution in [0.15, 0.2) is 28.7 Å². The Balaban J connectivity index is 2.65. The Labute approximate surface area is 112 Å². The highest BCUT2D eigenvalue weighted by Crippen LogP contribution is 2.24. The predicted molar refractivity (Wildman–Crippen MR) is 70.4 cm³/mol. The molecule has 17 heavy (non-hydrogen) atoms. The highest BCUT2D eigenvalue weighted by molar-refractivity contribution is 9.10. The van der Waals surface area contributed by atoms with Crippen LogP contribution in [0.2, 0.25) is 5.15 Å². The summed E-state index contributed by atoms with van der Waals surface area (Å²) < 4.78 is 5.87. The van der Waals surface area contributed by atoms with Crippen LogP contribution < -0.4 is 0 Å². The molecule has 0 aliphatic carbocycles. The number of benzene rings is 1. The Bertz CT molecular complexity index is 581. The van der Waals surface area contributed by atoms with Crippen LogP contribution in [-0.4, -0.2) is 17.6 Å². The van der Waals surface area contributed by atoms with E-state index in [1.807, 2.05) is 18.2 Å².